The molecule has 0 saturated carbocycles. The third-order valence-electron chi connectivity index (χ3n) is 3.31. The number of benzene rings is 1. The molecular weight excluding hydrogens is 266 g/mol. The number of ether oxygens (including phenoxy) is 1. The van der Waals surface area contributed by atoms with Crippen LogP contribution in [0, 0.1) is 11.3 Å². The van der Waals surface area contributed by atoms with Crippen molar-refractivity contribution in [1.82, 2.24) is 9.80 Å². The van der Waals surface area contributed by atoms with Crippen LogP contribution in [0.1, 0.15) is 25.5 Å². The fraction of sp³-hybridized carbons (Fsp3) is 0.500. The molecule has 1 aromatic carbocycles. The van der Waals surface area contributed by atoms with Crippen molar-refractivity contribution >= 4 is 5.91 Å². The standard InChI is InChI=1S/C16H23N3O2/c1-5-19(6-2)16(20)12-21-14-9-7-13(8-10-14)15(11-17)18(3)4/h7-10,15H,5-6,12H2,1-4H3. The Morgan fingerprint density at radius 1 is 1.24 bits per heavy atom. The lowest BCUT2D eigenvalue weighted by atomic mass is 10.1. The molecule has 0 radical (unpaired) electrons. The molecule has 1 amide bonds. The zero-order valence-corrected chi connectivity index (χ0v) is 13.2. The van der Waals surface area contributed by atoms with Gasteiger partial charge in [0.05, 0.1) is 6.07 Å². The van der Waals surface area contributed by atoms with Crippen LogP contribution in [0.4, 0.5) is 0 Å². The third kappa shape index (κ3) is 4.76. The predicted molar refractivity (Wildman–Crippen MR) is 81.9 cm³/mol. The Hall–Kier alpha value is -2.06. The van der Waals surface area contributed by atoms with Crippen LogP contribution in [0.15, 0.2) is 24.3 Å². The van der Waals surface area contributed by atoms with Crippen molar-refractivity contribution in [2.45, 2.75) is 19.9 Å². The summed E-state index contributed by atoms with van der Waals surface area (Å²) in [5.41, 5.74) is 0.907. The van der Waals surface area contributed by atoms with E-state index in [0.717, 1.165) is 5.56 Å². The molecule has 1 atom stereocenters. The number of hydrogen-bond donors (Lipinski definition) is 0. The van der Waals surface area contributed by atoms with Crippen LogP contribution in [-0.2, 0) is 4.79 Å². The molecule has 5 nitrogen and oxygen atoms in total. The number of nitriles is 1. The molecule has 0 aromatic heterocycles. The highest BCUT2D eigenvalue weighted by Gasteiger charge is 2.13. The van der Waals surface area contributed by atoms with Crippen LogP contribution < -0.4 is 4.74 Å². The summed E-state index contributed by atoms with van der Waals surface area (Å²) < 4.78 is 5.49. The summed E-state index contributed by atoms with van der Waals surface area (Å²) in [5, 5.41) is 9.14. The summed E-state index contributed by atoms with van der Waals surface area (Å²) in [5.74, 6) is 0.613. The molecule has 1 rings (SSSR count). The first-order valence-electron chi connectivity index (χ1n) is 7.10. The van der Waals surface area contributed by atoms with E-state index in [-0.39, 0.29) is 18.6 Å². The summed E-state index contributed by atoms with van der Waals surface area (Å²) in [4.78, 5) is 15.4. The third-order valence-corrected chi connectivity index (χ3v) is 3.31. The first-order valence-corrected chi connectivity index (χ1v) is 7.10. The lowest BCUT2D eigenvalue weighted by molar-refractivity contribution is -0.132. The highest BCUT2D eigenvalue weighted by molar-refractivity contribution is 5.77. The number of carbonyl (C=O) groups is 1. The molecule has 0 aliphatic carbocycles. The Morgan fingerprint density at radius 3 is 2.24 bits per heavy atom. The number of likely N-dealkylation sites (N-methyl/N-ethyl adjacent to an activating group) is 1. The van der Waals surface area contributed by atoms with E-state index in [1.807, 2.05) is 45.0 Å². The Labute approximate surface area is 126 Å². The molecule has 0 aliphatic heterocycles. The van der Waals surface area contributed by atoms with Crippen LogP contribution >= 0.6 is 0 Å². The molecule has 0 heterocycles. The van der Waals surface area contributed by atoms with E-state index in [4.69, 9.17) is 10.00 Å². The van der Waals surface area contributed by atoms with E-state index in [1.165, 1.54) is 0 Å². The van der Waals surface area contributed by atoms with Crippen LogP contribution in [0.5, 0.6) is 5.75 Å². The van der Waals surface area contributed by atoms with Crippen molar-refractivity contribution in [3.8, 4) is 11.8 Å². The van der Waals surface area contributed by atoms with Gasteiger partial charge in [-0.3, -0.25) is 9.69 Å². The number of carbonyl (C=O) groups excluding carboxylic acids is 1. The van der Waals surface area contributed by atoms with Gasteiger partial charge in [-0.2, -0.15) is 5.26 Å². The van der Waals surface area contributed by atoms with Gasteiger partial charge in [0.1, 0.15) is 11.8 Å². The van der Waals surface area contributed by atoms with Gasteiger partial charge in [0.25, 0.3) is 5.91 Å². The van der Waals surface area contributed by atoms with E-state index in [2.05, 4.69) is 6.07 Å². The fourth-order valence-corrected chi connectivity index (χ4v) is 2.05. The lowest BCUT2D eigenvalue weighted by Gasteiger charge is -2.19. The zero-order valence-electron chi connectivity index (χ0n) is 13.2. The topological polar surface area (TPSA) is 56.6 Å². The molecular formula is C16H23N3O2. The van der Waals surface area contributed by atoms with Crippen molar-refractivity contribution in [2.24, 2.45) is 0 Å². The Kier molecular flexibility index (Phi) is 6.70. The van der Waals surface area contributed by atoms with Crippen LogP contribution in [0.2, 0.25) is 0 Å². The molecule has 0 spiro atoms. The maximum absolute atomic E-state index is 11.8. The Bertz CT molecular complexity index is 487. The number of rotatable bonds is 7. The van der Waals surface area contributed by atoms with Crippen molar-refractivity contribution in [1.29, 1.82) is 5.26 Å². The molecule has 114 valence electrons. The van der Waals surface area contributed by atoms with Crippen LogP contribution in [0.3, 0.4) is 0 Å². The molecule has 1 unspecified atom stereocenters. The van der Waals surface area contributed by atoms with Gasteiger partial charge in [-0.05, 0) is 45.6 Å². The molecule has 0 N–H and O–H groups in total. The maximum atomic E-state index is 11.8. The van der Waals surface area contributed by atoms with Gasteiger partial charge < -0.3 is 9.64 Å². The van der Waals surface area contributed by atoms with Gasteiger partial charge in [0.2, 0.25) is 0 Å². The van der Waals surface area contributed by atoms with E-state index < -0.39 is 0 Å². The minimum atomic E-state index is -0.281. The molecule has 0 fully saturated rings. The monoisotopic (exact) mass is 289 g/mol. The van der Waals surface area contributed by atoms with Gasteiger partial charge in [-0.25, -0.2) is 0 Å². The van der Waals surface area contributed by atoms with Crippen LogP contribution in [0.25, 0.3) is 0 Å². The SMILES string of the molecule is CCN(CC)C(=O)COc1ccc(C(C#N)N(C)C)cc1. The smallest absolute Gasteiger partial charge is 0.260 e. The summed E-state index contributed by atoms with van der Waals surface area (Å²) in [7, 11) is 3.72. The number of hydrogen-bond acceptors (Lipinski definition) is 4. The largest absolute Gasteiger partial charge is 0.484 e. The maximum Gasteiger partial charge on any atom is 0.260 e. The molecule has 1 aromatic rings. The van der Waals surface area contributed by atoms with E-state index in [0.29, 0.717) is 18.8 Å². The second-order valence-electron chi connectivity index (χ2n) is 4.92. The van der Waals surface area contributed by atoms with Gasteiger partial charge in [0, 0.05) is 13.1 Å². The summed E-state index contributed by atoms with van der Waals surface area (Å²) in [6, 6.07) is 9.25. The average molecular weight is 289 g/mol. The normalized spacial score (nSPS) is 11.8. The number of amides is 1. The second kappa shape index (κ2) is 8.28. The van der Waals surface area contributed by atoms with Crippen molar-refractivity contribution in [3.63, 3.8) is 0 Å². The predicted octanol–water partition coefficient (Wildman–Crippen LogP) is 2.06. The van der Waals surface area contributed by atoms with Crippen LogP contribution in [-0.4, -0.2) is 49.5 Å². The van der Waals surface area contributed by atoms with Gasteiger partial charge in [-0.1, -0.05) is 12.1 Å². The van der Waals surface area contributed by atoms with Gasteiger partial charge in [-0.15, -0.1) is 0 Å². The van der Waals surface area contributed by atoms with E-state index in [9.17, 15) is 4.79 Å². The summed E-state index contributed by atoms with van der Waals surface area (Å²) in [6.45, 7) is 5.30. The minimum absolute atomic E-state index is 0.0210. The highest BCUT2D eigenvalue weighted by atomic mass is 16.5. The lowest BCUT2D eigenvalue weighted by Crippen LogP contribution is -2.34. The summed E-state index contributed by atoms with van der Waals surface area (Å²) >= 11 is 0. The van der Waals surface area contributed by atoms with Crippen molar-refractivity contribution in [2.75, 3.05) is 33.8 Å². The van der Waals surface area contributed by atoms with Gasteiger partial charge in [0.15, 0.2) is 6.61 Å². The van der Waals surface area contributed by atoms with E-state index in [1.54, 1.807) is 17.0 Å². The van der Waals surface area contributed by atoms with E-state index >= 15 is 0 Å². The Morgan fingerprint density at radius 2 is 1.81 bits per heavy atom. The molecule has 0 bridgehead atoms. The molecule has 5 heteroatoms. The second-order valence-corrected chi connectivity index (χ2v) is 4.92. The fourth-order valence-electron chi connectivity index (χ4n) is 2.05. The number of nitrogens with zero attached hydrogens (tertiary/aromatic N) is 3. The van der Waals surface area contributed by atoms with Crippen molar-refractivity contribution in [3.05, 3.63) is 29.8 Å². The minimum Gasteiger partial charge on any atom is -0.484 e. The zero-order chi connectivity index (χ0) is 15.8. The first-order chi connectivity index (χ1) is 10.0. The Balaban J connectivity index is 2.63. The van der Waals surface area contributed by atoms with Crippen molar-refractivity contribution < 1.29 is 9.53 Å². The summed E-state index contributed by atoms with van der Waals surface area (Å²) in [6.07, 6.45) is 0. The van der Waals surface area contributed by atoms with Gasteiger partial charge >= 0.3 is 0 Å². The quantitative estimate of drug-likeness (QED) is 0.771. The molecule has 0 aliphatic rings. The highest BCUT2D eigenvalue weighted by Crippen LogP contribution is 2.20. The first kappa shape index (κ1) is 17.0. The molecule has 21 heavy (non-hydrogen) atoms. The molecule has 0 saturated heterocycles. The average Bonchev–Trinajstić information content (AvgIpc) is 2.48.